The number of amides is 3. The molecule has 15 heteroatoms. The second-order valence-corrected chi connectivity index (χ2v) is 9.85. The monoisotopic (exact) mass is 583 g/mol. The fourth-order valence-electron chi connectivity index (χ4n) is 4.18. The van der Waals surface area contributed by atoms with Gasteiger partial charge < -0.3 is 47.6 Å². The zero-order valence-corrected chi connectivity index (χ0v) is 23.0. The van der Waals surface area contributed by atoms with Crippen LogP contribution < -0.4 is 27.4 Å². The Hall–Kier alpha value is -4.76. The Morgan fingerprint density at radius 3 is 1.83 bits per heavy atom. The van der Waals surface area contributed by atoms with Crippen molar-refractivity contribution in [2.45, 2.75) is 62.7 Å². The molecule has 0 aliphatic rings. The van der Waals surface area contributed by atoms with Gasteiger partial charge in [-0.05, 0) is 37.1 Å². The Labute approximate surface area is 241 Å². The molecule has 0 saturated carbocycles. The third-order valence-electron chi connectivity index (χ3n) is 6.52. The smallest absolute Gasteiger partial charge is 0.326 e. The summed E-state index contributed by atoms with van der Waals surface area (Å²) >= 11 is 0. The quantitative estimate of drug-likeness (QED) is 0.0863. The molecule has 0 fully saturated rings. The number of unbranched alkanes of at least 4 members (excludes halogenated alkanes) is 1. The summed E-state index contributed by atoms with van der Waals surface area (Å²) in [5.74, 6) is -3.23. The fraction of sp³-hybridized carbons (Fsp3) is 0.407. The van der Waals surface area contributed by atoms with Crippen LogP contribution in [0.4, 0.5) is 0 Å². The molecule has 1 aromatic carbocycles. The number of imidazole rings is 2. The molecule has 0 radical (unpaired) electrons. The van der Waals surface area contributed by atoms with E-state index in [-0.39, 0.29) is 25.0 Å². The molecule has 4 atom stereocenters. The molecule has 2 aromatic heterocycles. The number of aliphatic carboxylic acids is 1. The Kier molecular flexibility index (Phi) is 12.0. The van der Waals surface area contributed by atoms with E-state index in [4.69, 9.17) is 11.5 Å². The van der Waals surface area contributed by atoms with E-state index in [0.29, 0.717) is 42.8 Å². The number of H-pyrrole nitrogens is 2. The minimum Gasteiger partial charge on any atom is -0.508 e. The Morgan fingerprint density at radius 1 is 0.786 bits per heavy atom. The second kappa shape index (κ2) is 15.9. The van der Waals surface area contributed by atoms with Crippen LogP contribution in [-0.2, 0) is 38.4 Å². The first-order valence-corrected chi connectivity index (χ1v) is 13.5. The zero-order valence-electron chi connectivity index (χ0n) is 23.0. The van der Waals surface area contributed by atoms with Gasteiger partial charge in [0.15, 0.2) is 0 Å². The maximum atomic E-state index is 13.6. The van der Waals surface area contributed by atoms with E-state index in [1.165, 1.54) is 37.2 Å². The first-order chi connectivity index (χ1) is 20.2. The van der Waals surface area contributed by atoms with Gasteiger partial charge in [0, 0.05) is 43.0 Å². The number of carbonyl (C=O) groups excluding carboxylic acids is 3. The fourth-order valence-corrected chi connectivity index (χ4v) is 4.18. The molecule has 3 rings (SSSR count). The minimum absolute atomic E-state index is 0.0311. The number of carboxylic acids is 1. The van der Waals surface area contributed by atoms with Gasteiger partial charge in [-0.3, -0.25) is 14.4 Å². The van der Waals surface area contributed by atoms with Crippen molar-refractivity contribution in [3.63, 3.8) is 0 Å². The van der Waals surface area contributed by atoms with Gasteiger partial charge in [0.2, 0.25) is 17.7 Å². The number of carbonyl (C=O) groups is 4. The number of nitrogens with two attached hydrogens (primary N) is 2. The number of hydrogen-bond donors (Lipinski definition) is 9. The Balaban J connectivity index is 1.79. The number of rotatable bonds is 17. The van der Waals surface area contributed by atoms with E-state index in [9.17, 15) is 29.4 Å². The molecule has 4 unspecified atom stereocenters. The number of benzene rings is 1. The summed E-state index contributed by atoms with van der Waals surface area (Å²) in [7, 11) is 0. The molecule has 15 nitrogen and oxygen atoms in total. The van der Waals surface area contributed by atoms with Crippen molar-refractivity contribution in [3.05, 3.63) is 66.3 Å². The molecule has 11 N–H and O–H groups in total. The molecule has 0 aliphatic heterocycles. The van der Waals surface area contributed by atoms with Gasteiger partial charge in [0.1, 0.15) is 23.9 Å². The standard InChI is InChI=1S/C27H37N9O6/c28-8-2-1-3-20(29)24(38)34-21(9-16-4-6-19(37)7-5-16)25(39)35-22(10-17-12-30-14-32-17)26(40)36-23(27(41)42)11-18-13-31-15-33-18/h4-7,12-15,20-23,37H,1-3,8-11,28-29H2,(H,30,32)(H,31,33)(H,34,38)(H,35,39)(H,36,40)(H,41,42). The van der Waals surface area contributed by atoms with Crippen molar-refractivity contribution in [1.82, 2.24) is 35.9 Å². The van der Waals surface area contributed by atoms with E-state index in [1.807, 2.05) is 0 Å². The van der Waals surface area contributed by atoms with Gasteiger partial charge in [0.25, 0.3) is 0 Å². The van der Waals surface area contributed by atoms with Crippen LogP contribution in [0.1, 0.15) is 36.2 Å². The van der Waals surface area contributed by atoms with Crippen molar-refractivity contribution in [1.29, 1.82) is 0 Å². The molecular weight excluding hydrogens is 546 g/mol. The van der Waals surface area contributed by atoms with Crippen LogP contribution in [0.3, 0.4) is 0 Å². The van der Waals surface area contributed by atoms with E-state index in [0.717, 1.165) is 0 Å². The molecule has 0 aliphatic carbocycles. The van der Waals surface area contributed by atoms with Crippen molar-refractivity contribution < 1.29 is 29.4 Å². The molecule has 0 bridgehead atoms. The largest absolute Gasteiger partial charge is 0.508 e. The van der Waals surface area contributed by atoms with Crippen LogP contribution in [0.25, 0.3) is 0 Å². The molecule has 3 amide bonds. The summed E-state index contributed by atoms with van der Waals surface area (Å²) in [6.07, 6.45) is 7.35. The second-order valence-electron chi connectivity index (χ2n) is 9.85. The lowest BCUT2D eigenvalue weighted by Gasteiger charge is -2.25. The predicted octanol–water partition coefficient (Wildman–Crippen LogP) is -1.14. The van der Waals surface area contributed by atoms with Gasteiger partial charge >= 0.3 is 5.97 Å². The number of nitrogens with zero attached hydrogens (tertiary/aromatic N) is 2. The number of aromatic amines is 2. The topological polar surface area (TPSA) is 254 Å². The number of hydrogen-bond acceptors (Lipinski definition) is 9. The highest BCUT2D eigenvalue weighted by Gasteiger charge is 2.31. The highest BCUT2D eigenvalue weighted by atomic mass is 16.4. The van der Waals surface area contributed by atoms with E-state index in [2.05, 4.69) is 35.9 Å². The molecule has 42 heavy (non-hydrogen) atoms. The number of nitrogens with one attached hydrogen (secondary N) is 5. The summed E-state index contributed by atoms with van der Waals surface area (Å²) in [6.45, 7) is 0.463. The van der Waals surface area contributed by atoms with Gasteiger partial charge in [-0.15, -0.1) is 0 Å². The van der Waals surface area contributed by atoms with Gasteiger partial charge in [-0.1, -0.05) is 18.6 Å². The lowest BCUT2D eigenvalue weighted by Crippen LogP contribution is -2.58. The van der Waals surface area contributed by atoms with Crippen LogP contribution in [0.15, 0.2) is 49.3 Å². The number of aromatic hydroxyl groups is 1. The Morgan fingerprint density at radius 2 is 1.31 bits per heavy atom. The van der Waals surface area contributed by atoms with Crippen LogP contribution >= 0.6 is 0 Å². The van der Waals surface area contributed by atoms with Crippen LogP contribution in [-0.4, -0.2) is 84.6 Å². The van der Waals surface area contributed by atoms with E-state index >= 15 is 0 Å². The zero-order chi connectivity index (χ0) is 30.5. The van der Waals surface area contributed by atoms with Crippen molar-refractivity contribution in [2.75, 3.05) is 6.54 Å². The minimum atomic E-state index is -1.31. The summed E-state index contributed by atoms with van der Waals surface area (Å²) in [5, 5.41) is 27.1. The number of carboxylic acid groups (broad SMARTS) is 1. The van der Waals surface area contributed by atoms with Crippen LogP contribution in [0.5, 0.6) is 5.75 Å². The molecule has 226 valence electrons. The lowest BCUT2D eigenvalue weighted by atomic mass is 10.0. The highest BCUT2D eigenvalue weighted by Crippen LogP contribution is 2.12. The summed E-state index contributed by atoms with van der Waals surface area (Å²) in [6, 6.07) is 1.55. The number of aromatic nitrogens is 4. The molecule has 2 heterocycles. The average molecular weight is 584 g/mol. The third-order valence-corrected chi connectivity index (χ3v) is 6.52. The Bertz CT molecular complexity index is 1280. The SMILES string of the molecule is NCCCCC(N)C(=O)NC(Cc1ccc(O)cc1)C(=O)NC(Cc1cnc[nH]1)C(=O)NC(Cc1cnc[nH]1)C(=O)O. The van der Waals surface area contributed by atoms with Gasteiger partial charge in [-0.25, -0.2) is 14.8 Å². The maximum absolute atomic E-state index is 13.6. The van der Waals surface area contributed by atoms with Gasteiger partial charge in [0.05, 0.1) is 18.7 Å². The lowest BCUT2D eigenvalue weighted by molar-refractivity contribution is -0.142. The molecule has 3 aromatic rings. The highest BCUT2D eigenvalue weighted by molar-refractivity contribution is 5.94. The molecular formula is C27H37N9O6. The first-order valence-electron chi connectivity index (χ1n) is 13.5. The summed E-state index contributed by atoms with van der Waals surface area (Å²) < 4.78 is 0. The molecule has 0 saturated heterocycles. The third kappa shape index (κ3) is 10.0. The van der Waals surface area contributed by atoms with Gasteiger partial charge in [-0.2, -0.15) is 0 Å². The van der Waals surface area contributed by atoms with Crippen LogP contribution in [0.2, 0.25) is 0 Å². The summed E-state index contributed by atoms with van der Waals surface area (Å²) in [5.41, 5.74) is 13.2. The number of phenolic OH excluding ortho intramolecular Hbond substituents is 1. The van der Waals surface area contributed by atoms with E-state index < -0.39 is 47.9 Å². The van der Waals surface area contributed by atoms with E-state index in [1.54, 1.807) is 12.1 Å². The van der Waals surface area contributed by atoms with Crippen molar-refractivity contribution in [2.24, 2.45) is 11.5 Å². The average Bonchev–Trinajstić information content (AvgIpc) is 3.67. The van der Waals surface area contributed by atoms with Crippen molar-refractivity contribution >= 4 is 23.7 Å². The number of phenols is 1. The summed E-state index contributed by atoms with van der Waals surface area (Å²) in [4.78, 5) is 65.2. The normalized spacial score (nSPS) is 13.9. The molecule has 0 spiro atoms. The maximum Gasteiger partial charge on any atom is 0.326 e. The predicted molar refractivity (Wildman–Crippen MR) is 151 cm³/mol. The van der Waals surface area contributed by atoms with Crippen LogP contribution in [0, 0.1) is 0 Å². The van der Waals surface area contributed by atoms with Crippen molar-refractivity contribution in [3.8, 4) is 5.75 Å². The first kappa shape index (κ1) is 31.8.